The van der Waals surface area contributed by atoms with E-state index in [1.807, 2.05) is 6.92 Å². The molecule has 1 aromatic carbocycles. The van der Waals surface area contributed by atoms with Crippen molar-refractivity contribution in [3.05, 3.63) is 64.7 Å². The standard InChI is InChI=1S/C27H33ClO4/c1-3-20-24(15-29)32-26(16(2)25(20)30)18-5-6-22(28)19(14-18)12-17-4-7-23-21(13-17)27(8-9-27)10-11-31-23/h3-4,6-7,13-14,16,18,20,24-26,29-30H,1,5,8-12,15H2,2H3. The zero-order valence-corrected chi connectivity index (χ0v) is 19.4. The zero-order chi connectivity index (χ0) is 22.5. The highest BCUT2D eigenvalue weighted by Crippen LogP contribution is 2.56. The fraction of sp³-hybridized carbons (Fsp3) is 0.556. The van der Waals surface area contributed by atoms with E-state index in [0.29, 0.717) is 5.41 Å². The van der Waals surface area contributed by atoms with Crippen molar-refractivity contribution in [2.24, 2.45) is 17.8 Å². The molecule has 0 bridgehead atoms. The van der Waals surface area contributed by atoms with Crippen LogP contribution in [0.3, 0.4) is 0 Å². The molecule has 0 aromatic heterocycles. The van der Waals surface area contributed by atoms with E-state index in [-0.39, 0.29) is 30.5 Å². The molecule has 6 atom stereocenters. The lowest BCUT2D eigenvalue weighted by atomic mass is 9.75. The number of aliphatic hydroxyl groups is 2. The molecule has 1 aromatic rings. The number of allylic oxidation sites excluding steroid dienone is 3. The molecule has 0 radical (unpaired) electrons. The van der Waals surface area contributed by atoms with Crippen molar-refractivity contribution in [2.45, 2.75) is 62.8 Å². The van der Waals surface area contributed by atoms with Crippen molar-refractivity contribution >= 4 is 11.6 Å². The second-order valence-electron chi connectivity index (χ2n) is 10.0. The molecule has 4 aliphatic rings. The van der Waals surface area contributed by atoms with Gasteiger partial charge in [-0.2, -0.15) is 0 Å². The number of benzene rings is 1. The minimum absolute atomic E-state index is 0.0656. The molecule has 2 heterocycles. The predicted octanol–water partition coefficient (Wildman–Crippen LogP) is 4.67. The first-order valence-corrected chi connectivity index (χ1v) is 12.2. The summed E-state index contributed by atoms with van der Waals surface area (Å²) < 4.78 is 12.2. The predicted molar refractivity (Wildman–Crippen MR) is 126 cm³/mol. The Morgan fingerprint density at radius 2 is 2.09 bits per heavy atom. The SMILES string of the molecule is C=CC1C(CO)OC(C2C=C(Cc3ccc4c(c3)C3(CCO4)CC3)C(Cl)=CC2)C(C)C1O. The molecular formula is C27H33ClO4. The maximum Gasteiger partial charge on any atom is 0.123 e. The summed E-state index contributed by atoms with van der Waals surface area (Å²) in [7, 11) is 0. The van der Waals surface area contributed by atoms with Gasteiger partial charge in [-0.05, 0) is 49.3 Å². The van der Waals surface area contributed by atoms with Gasteiger partial charge >= 0.3 is 0 Å². The maximum absolute atomic E-state index is 10.8. The third-order valence-corrected chi connectivity index (χ3v) is 8.48. The number of aliphatic hydroxyl groups excluding tert-OH is 2. The van der Waals surface area contributed by atoms with Crippen LogP contribution in [0.2, 0.25) is 0 Å². The Morgan fingerprint density at radius 1 is 1.28 bits per heavy atom. The molecule has 0 amide bonds. The van der Waals surface area contributed by atoms with Crippen LogP contribution in [0.5, 0.6) is 5.75 Å². The topological polar surface area (TPSA) is 58.9 Å². The summed E-state index contributed by atoms with van der Waals surface area (Å²) in [6.45, 7) is 6.53. The number of hydrogen-bond acceptors (Lipinski definition) is 4. The summed E-state index contributed by atoms with van der Waals surface area (Å²) in [5, 5.41) is 21.4. The Hall–Kier alpha value is -1.59. The Morgan fingerprint density at radius 3 is 2.81 bits per heavy atom. The highest BCUT2D eigenvalue weighted by atomic mass is 35.5. The monoisotopic (exact) mass is 456 g/mol. The van der Waals surface area contributed by atoms with Crippen LogP contribution in [0.1, 0.15) is 43.7 Å². The number of halogens is 1. The fourth-order valence-corrected chi connectivity index (χ4v) is 6.10. The van der Waals surface area contributed by atoms with Crippen molar-refractivity contribution in [1.29, 1.82) is 0 Å². The van der Waals surface area contributed by atoms with Crippen LogP contribution in [0.15, 0.2) is 53.6 Å². The van der Waals surface area contributed by atoms with Crippen LogP contribution in [0.4, 0.5) is 0 Å². The second kappa shape index (κ2) is 8.64. The Labute approximate surface area is 195 Å². The first kappa shape index (κ1) is 22.2. The lowest BCUT2D eigenvalue weighted by Gasteiger charge is -2.45. The van der Waals surface area contributed by atoms with Gasteiger partial charge in [0.15, 0.2) is 0 Å². The Balaban J connectivity index is 1.37. The Kier molecular flexibility index (Phi) is 6.00. The van der Waals surface area contributed by atoms with E-state index in [0.717, 1.165) is 42.2 Å². The van der Waals surface area contributed by atoms with Crippen LogP contribution in [0.25, 0.3) is 0 Å². The van der Waals surface area contributed by atoms with Crippen LogP contribution >= 0.6 is 11.6 Å². The van der Waals surface area contributed by atoms with Crippen LogP contribution in [0, 0.1) is 17.8 Å². The van der Waals surface area contributed by atoms with Crippen LogP contribution < -0.4 is 4.74 Å². The highest BCUT2D eigenvalue weighted by Gasteiger charge is 2.48. The van der Waals surface area contributed by atoms with Crippen molar-refractivity contribution < 1.29 is 19.7 Å². The van der Waals surface area contributed by atoms with Crippen molar-refractivity contribution in [1.82, 2.24) is 0 Å². The van der Waals surface area contributed by atoms with E-state index >= 15 is 0 Å². The van der Waals surface area contributed by atoms with Gasteiger partial charge in [0.25, 0.3) is 0 Å². The lowest BCUT2D eigenvalue weighted by molar-refractivity contribution is -0.178. The molecule has 5 heteroatoms. The fourth-order valence-electron chi connectivity index (χ4n) is 5.89. The average molecular weight is 457 g/mol. The largest absolute Gasteiger partial charge is 0.493 e. The molecule has 1 spiro atoms. The quantitative estimate of drug-likeness (QED) is 0.632. The molecule has 5 rings (SSSR count). The number of fused-ring (bicyclic) bond motifs is 2. The summed E-state index contributed by atoms with van der Waals surface area (Å²) in [6, 6.07) is 6.58. The first-order chi connectivity index (χ1) is 15.5. The van der Waals surface area contributed by atoms with Crippen molar-refractivity contribution in [2.75, 3.05) is 13.2 Å². The Bertz CT molecular complexity index is 945. The molecule has 4 nitrogen and oxygen atoms in total. The smallest absolute Gasteiger partial charge is 0.123 e. The molecule has 172 valence electrons. The molecule has 2 fully saturated rings. The zero-order valence-electron chi connectivity index (χ0n) is 18.7. The van der Waals surface area contributed by atoms with E-state index in [4.69, 9.17) is 21.1 Å². The third-order valence-electron chi connectivity index (χ3n) is 8.08. The first-order valence-electron chi connectivity index (χ1n) is 11.9. The molecule has 2 aliphatic heterocycles. The van der Waals surface area contributed by atoms with Gasteiger partial charge in [0.05, 0.1) is 31.5 Å². The van der Waals surface area contributed by atoms with Crippen LogP contribution in [-0.4, -0.2) is 41.7 Å². The molecule has 1 saturated carbocycles. The van der Waals surface area contributed by atoms with E-state index in [2.05, 4.69) is 36.9 Å². The van der Waals surface area contributed by atoms with Gasteiger partial charge in [0, 0.05) is 33.8 Å². The summed E-state index contributed by atoms with van der Waals surface area (Å²) >= 11 is 6.64. The van der Waals surface area contributed by atoms with E-state index in [1.165, 1.54) is 24.0 Å². The summed E-state index contributed by atoms with van der Waals surface area (Å²) in [4.78, 5) is 0. The molecule has 2 N–H and O–H groups in total. The van der Waals surface area contributed by atoms with E-state index in [9.17, 15) is 10.2 Å². The molecular weight excluding hydrogens is 424 g/mol. The lowest BCUT2D eigenvalue weighted by Crippen LogP contribution is -2.52. The van der Waals surface area contributed by atoms with Gasteiger partial charge < -0.3 is 19.7 Å². The number of rotatable bonds is 5. The molecule has 2 aliphatic carbocycles. The van der Waals surface area contributed by atoms with Crippen molar-refractivity contribution in [3.63, 3.8) is 0 Å². The van der Waals surface area contributed by atoms with Gasteiger partial charge in [-0.25, -0.2) is 0 Å². The third kappa shape index (κ3) is 3.86. The van der Waals surface area contributed by atoms with E-state index < -0.39 is 12.2 Å². The van der Waals surface area contributed by atoms with Gasteiger partial charge in [0.2, 0.25) is 0 Å². The number of ether oxygens (including phenoxy) is 2. The average Bonchev–Trinajstić information content (AvgIpc) is 3.57. The van der Waals surface area contributed by atoms with Gasteiger partial charge in [0.1, 0.15) is 5.75 Å². The minimum atomic E-state index is -0.586. The van der Waals surface area contributed by atoms with Gasteiger partial charge in [-0.1, -0.05) is 48.9 Å². The second-order valence-corrected chi connectivity index (χ2v) is 10.4. The van der Waals surface area contributed by atoms with Crippen LogP contribution in [-0.2, 0) is 16.6 Å². The molecule has 1 saturated heterocycles. The summed E-state index contributed by atoms with van der Waals surface area (Å²) in [5.74, 6) is 0.821. The normalized spacial score (nSPS) is 35.4. The van der Waals surface area contributed by atoms with E-state index in [1.54, 1.807) is 6.08 Å². The van der Waals surface area contributed by atoms with Gasteiger partial charge in [-0.15, -0.1) is 6.58 Å². The maximum atomic E-state index is 10.8. The number of hydrogen-bond donors (Lipinski definition) is 2. The highest BCUT2D eigenvalue weighted by molar-refractivity contribution is 6.32. The summed E-state index contributed by atoms with van der Waals surface area (Å²) in [6.07, 6.45) is 9.96. The summed E-state index contributed by atoms with van der Waals surface area (Å²) in [5.41, 5.74) is 4.05. The van der Waals surface area contributed by atoms with Gasteiger partial charge in [-0.3, -0.25) is 0 Å². The minimum Gasteiger partial charge on any atom is -0.493 e. The molecule has 6 unspecified atom stereocenters. The van der Waals surface area contributed by atoms with Crippen molar-refractivity contribution in [3.8, 4) is 5.75 Å². The molecule has 32 heavy (non-hydrogen) atoms.